The zero-order valence-corrected chi connectivity index (χ0v) is 13.8. The van der Waals surface area contributed by atoms with Crippen LogP contribution >= 0.6 is 0 Å². The molecule has 23 heavy (non-hydrogen) atoms. The highest BCUT2D eigenvalue weighted by molar-refractivity contribution is 7.89. The van der Waals surface area contributed by atoms with Crippen molar-refractivity contribution >= 4 is 22.0 Å². The lowest BCUT2D eigenvalue weighted by atomic mass is 10.2. The maximum absolute atomic E-state index is 12.5. The molecule has 0 radical (unpaired) electrons. The van der Waals surface area contributed by atoms with E-state index in [9.17, 15) is 18.0 Å². The number of hydrogen-bond acceptors (Lipinski definition) is 6. The van der Waals surface area contributed by atoms with Crippen molar-refractivity contribution < 1.29 is 27.5 Å². The van der Waals surface area contributed by atoms with Gasteiger partial charge in [-0.15, -0.1) is 0 Å². The minimum atomic E-state index is -3.66. The summed E-state index contributed by atoms with van der Waals surface area (Å²) in [7, 11) is -3.66. The van der Waals surface area contributed by atoms with Crippen LogP contribution in [0.15, 0.2) is 29.2 Å². The Kier molecular flexibility index (Phi) is 5.38. The van der Waals surface area contributed by atoms with Crippen molar-refractivity contribution in [1.82, 2.24) is 4.31 Å². The Hall–Kier alpha value is -1.93. The maximum atomic E-state index is 12.5. The van der Waals surface area contributed by atoms with Crippen LogP contribution in [-0.4, -0.2) is 50.5 Å². The van der Waals surface area contributed by atoms with Gasteiger partial charge in [0.15, 0.2) is 0 Å². The Morgan fingerprint density at radius 1 is 1.35 bits per heavy atom. The highest BCUT2D eigenvalue weighted by atomic mass is 32.2. The van der Waals surface area contributed by atoms with E-state index >= 15 is 0 Å². The molecule has 0 N–H and O–H groups in total. The lowest BCUT2D eigenvalue weighted by Gasteiger charge is -2.18. The van der Waals surface area contributed by atoms with E-state index in [0.717, 1.165) is 0 Å². The maximum Gasteiger partial charge on any atom is 0.347 e. The molecule has 1 aromatic carbocycles. The van der Waals surface area contributed by atoms with E-state index in [0.29, 0.717) is 19.5 Å². The monoisotopic (exact) mass is 341 g/mol. The summed E-state index contributed by atoms with van der Waals surface area (Å²) in [6, 6.07) is 5.61. The van der Waals surface area contributed by atoms with Crippen molar-refractivity contribution in [1.29, 1.82) is 0 Å². The molecule has 8 heteroatoms. The van der Waals surface area contributed by atoms with Crippen LogP contribution in [0, 0.1) is 0 Å². The molecule has 0 aliphatic carbocycles. The zero-order chi connectivity index (χ0) is 17.0. The third kappa shape index (κ3) is 3.70. The minimum absolute atomic E-state index is 0.0182. The number of sulfonamides is 1. The summed E-state index contributed by atoms with van der Waals surface area (Å²) in [6.45, 7) is 4.37. The SMILES string of the molecule is CCN(CC)S(=O)(=O)c1cccc(C(=O)O[C@H]2CCOC2=O)c1. The van der Waals surface area contributed by atoms with Gasteiger partial charge in [-0.05, 0) is 18.2 Å². The first-order valence-corrected chi connectivity index (χ1v) is 8.82. The van der Waals surface area contributed by atoms with Crippen LogP contribution < -0.4 is 0 Å². The van der Waals surface area contributed by atoms with Gasteiger partial charge in [-0.25, -0.2) is 18.0 Å². The van der Waals surface area contributed by atoms with Crippen LogP contribution in [0.5, 0.6) is 0 Å². The van der Waals surface area contributed by atoms with Crippen LogP contribution in [0.4, 0.5) is 0 Å². The van der Waals surface area contributed by atoms with Gasteiger partial charge in [-0.1, -0.05) is 19.9 Å². The Labute approximate surface area is 135 Å². The molecular formula is C15H19NO6S. The second-order valence-electron chi connectivity index (χ2n) is 4.97. The van der Waals surface area contributed by atoms with E-state index < -0.39 is 28.1 Å². The first kappa shape index (κ1) is 17.4. The summed E-state index contributed by atoms with van der Waals surface area (Å²) < 4.78 is 36.0. The molecule has 0 spiro atoms. The number of ether oxygens (including phenoxy) is 2. The Morgan fingerprint density at radius 3 is 2.61 bits per heavy atom. The van der Waals surface area contributed by atoms with Gasteiger partial charge in [0.05, 0.1) is 17.1 Å². The summed E-state index contributed by atoms with van der Waals surface area (Å²) in [4.78, 5) is 23.4. The molecule has 1 heterocycles. The predicted octanol–water partition coefficient (Wildman–Crippen LogP) is 1.19. The van der Waals surface area contributed by atoms with E-state index in [1.54, 1.807) is 13.8 Å². The van der Waals surface area contributed by atoms with Crippen LogP contribution in [0.1, 0.15) is 30.6 Å². The van der Waals surface area contributed by atoms with E-state index in [4.69, 9.17) is 9.47 Å². The summed E-state index contributed by atoms with van der Waals surface area (Å²) in [6.07, 6.45) is -0.618. The zero-order valence-electron chi connectivity index (χ0n) is 13.0. The van der Waals surface area contributed by atoms with Crippen molar-refractivity contribution in [3.63, 3.8) is 0 Å². The summed E-state index contributed by atoms with van der Waals surface area (Å²) in [5.74, 6) is -1.32. The molecule has 0 bridgehead atoms. The molecule has 1 aliphatic rings. The first-order valence-electron chi connectivity index (χ1n) is 7.38. The van der Waals surface area contributed by atoms with E-state index in [2.05, 4.69) is 0 Å². The molecule has 1 aliphatic heterocycles. The van der Waals surface area contributed by atoms with E-state index in [1.807, 2.05) is 0 Å². The van der Waals surface area contributed by atoms with Crippen LogP contribution in [-0.2, 0) is 24.3 Å². The summed E-state index contributed by atoms with van der Waals surface area (Å²) in [5, 5.41) is 0. The second kappa shape index (κ2) is 7.10. The Balaban J connectivity index is 2.22. The van der Waals surface area contributed by atoms with Crippen molar-refractivity contribution in [3.05, 3.63) is 29.8 Å². The average Bonchev–Trinajstić information content (AvgIpc) is 2.93. The molecule has 126 valence electrons. The van der Waals surface area contributed by atoms with Crippen LogP contribution in [0.25, 0.3) is 0 Å². The molecule has 0 unspecified atom stereocenters. The third-order valence-electron chi connectivity index (χ3n) is 3.55. The summed E-state index contributed by atoms with van der Waals surface area (Å²) >= 11 is 0. The van der Waals surface area contributed by atoms with Gasteiger partial charge >= 0.3 is 11.9 Å². The lowest BCUT2D eigenvalue weighted by Crippen LogP contribution is -2.30. The van der Waals surface area contributed by atoms with Gasteiger partial charge in [0, 0.05) is 19.5 Å². The number of nitrogens with zero attached hydrogens (tertiary/aromatic N) is 1. The van der Waals surface area contributed by atoms with Crippen LogP contribution in [0.2, 0.25) is 0 Å². The second-order valence-corrected chi connectivity index (χ2v) is 6.91. The van der Waals surface area contributed by atoms with Crippen molar-refractivity contribution in [2.45, 2.75) is 31.3 Å². The van der Waals surface area contributed by atoms with E-state index in [1.165, 1.54) is 28.6 Å². The molecular weight excluding hydrogens is 322 g/mol. The Bertz CT molecular complexity index is 696. The molecule has 0 saturated carbocycles. The van der Waals surface area contributed by atoms with Crippen molar-refractivity contribution in [2.75, 3.05) is 19.7 Å². The predicted molar refractivity (Wildman–Crippen MR) is 81.3 cm³/mol. The fourth-order valence-electron chi connectivity index (χ4n) is 2.28. The van der Waals surface area contributed by atoms with Crippen LogP contribution in [0.3, 0.4) is 0 Å². The smallest absolute Gasteiger partial charge is 0.347 e. The molecule has 1 fully saturated rings. The largest absolute Gasteiger partial charge is 0.463 e. The van der Waals surface area contributed by atoms with Gasteiger partial charge in [-0.2, -0.15) is 4.31 Å². The highest BCUT2D eigenvalue weighted by Crippen LogP contribution is 2.19. The van der Waals surface area contributed by atoms with Gasteiger partial charge in [0.25, 0.3) is 0 Å². The molecule has 1 aromatic rings. The van der Waals surface area contributed by atoms with Crippen molar-refractivity contribution in [3.8, 4) is 0 Å². The fourth-order valence-corrected chi connectivity index (χ4v) is 3.78. The van der Waals surface area contributed by atoms with Gasteiger partial charge in [0.1, 0.15) is 0 Å². The highest BCUT2D eigenvalue weighted by Gasteiger charge is 2.31. The topological polar surface area (TPSA) is 90.0 Å². The Morgan fingerprint density at radius 2 is 2.04 bits per heavy atom. The van der Waals surface area contributed by atoms with Gasteiger partial charge in [-0.3, -0.25) is 0 Å². The van der Waals surface area contributed by atoms with Gasteiger partial charge in [0.2, 0.25) is 16.1 Å². The quantitative estimate of drug-likeness (QED) is 0.722. The molecule has 7 nitrogen and oxygen atoms in total. The molecule has 1 atom stereocenters. The summed E-state index contributed by atoms with van der Waals surface area (Å²) in [5.41, 5.74) is 0.0814. The lowest BCUT2D eigenvalue weighted by molar-refractivity contribution is -0.145. The number of carbonyl (C=O) groups is 2. The normalized spacial score (nSPS) is 18.0. The molecule has 0 amide bonds. The third-order valence-corrected chi connectivity index (χ3v) is 5.60. The van der Waals surface area contributed by atoms with Gasteiger partial charge < -0.3 is 9.47 Å². The number of cyclic esters (lactones) is 1. The fraction of sp³-hybridized carbons (Fsp3) is 0.467. The molecule has 1 saturated heterocycles. The first-order chi connectivity index (χ1) is 10.9. The van der Waals surface area contributed by atoms with E-state index in [-0.39, 0.29) is 17.1 Å². The average molecular weight is 341 g/mol. The molecule has 0 aromatic heterocycles. The number of rotatable bonds is 6. The number of esters is 2. The number of benzene rings is 1. The van der Waals surface area contributed by atoms with Crippen molar-refractivity contribution in [2.24, 2.45) is 0 Å². The number of hydrogen-bond donors (Lipinski definition) is 0. The number of carbonyl (C=O) groups excluding carboxylic acids is 2. The molecule has 2 rings (SSSR count). The minimum Gasteiger partial charge on any atom is -0.463 e. The standard InChI is InChI=1S/C15H19NO6S/c1-3-16(4-2)23(19,20)12-7-5-6-11(10-12)14(17)22-13-8-9-21-15(13)18/h5-7,10,13H,3-4,8-9H2,1-2H3/t13-/m0/s1.